The zero-order chi connectivity index (χ0) is 16.2. The molecule has 1 amide bonds. The van der Waals surface area contributed by atoms with Gasteiger partial charge in [-0.1, -0.05) is 13.8 Å². The third kappa shape index (κ3) is 4.00. The molecular formula is C13H15N3O3S2. The molecule has 0 bridgehead atoms. The molecule has 1 aromatic heterocycles. The number of ether oxygens (including phenoxy) is 1. The number of nitrogens with zero attached hydrogens (tertiary/aromatic N) is 1. The highest BCUT2D eigenvalue weighted by Gasteiger charge is 2.21. The van der Waals surface area contributed by atoms with Crippen molar-refractivity contribution in [2.24, 2.45) is 5.92 Å². The molecule has 1 aromatic rings. The first-order valence-electron chi connectivity index (χ1n) is 6.05. The van der Waals surface area contributed by atoms with Gasteiger partial charge >= 0.3 is 5.97 Å². The molecule has 8 heteroatoms. The van der Waals surface area contributed by atoms with Crippen molar-refractivity contribution in [3.05, 3.63) is 16.0 Å². The van der Waals surface area contributed by atoms with Gasteiger partial charge in [0.05, 0.1) is 12.7 Å². The molecule has 112 valence electrons. The molecule has 21 heavy (non-hydrogen) atoms. The van der Waals surface area contributed by atoms with Crippen LogP contribution in [0.25, 0.3) is 0 Å². The molecule has 2 N–H and O–H groups in total. The van der Waals surface area contributed by atoms with Crippen LogP contribution in [0.1, 0.15) is 34.6 Å². The SMILES string of the molecule is COC(=O)c1sc(NC(=S)NC(=O)C(C)C)c(C#N)c1C. The predicted octanol–water partition coefficient (Wildman–Crippen LogP) is 2.18. The van der Waals surface area contributed by atoms with Gasteiger partial charge < -0.3 is 15.4 Å². The smallest absolute Gasteiger partial charge is 0.348 e. The zero-order valence-electron chi connectivity index (χ0n) is 12.1. The van der Waals surface area contributed by atoms with Gasteiger partial charge in [0.25, 0.3) is 0 Å². The maximum absolute atomic E-state index is 11.6. The van der Waals surface area contributed by atoms with Gasteiger partial charge in [-0.3, -0.25) is 4.79 Å². The third-order valence-electron chi connectivity index (χ3n) is 2.62. The van der Waals surface area contributed by atoms with Crippen LogP contribution in [0.2, 0.25) is 0 Å². The molecule has 0 atom stereocenters. The van der Waals surface area contributed by atoms with E-state index in [1.54, 1.807) is 20.8 Å². The lowest BCUT2D eigenvalue weighted by Gasteiger charge is -2.09. The summed E-state index contributed by atoms with van der Waals surface area (Å²) in [7, 11) is 1.27. The Morgan fingerprint density at radius 3 is 2.52 bits per heavy atom. The van der Waals surface area contributed by atoms with Crippen LogP contribution >= 0.6 is 23.6 Å². The number of hydrogen-bond donors (Lipinski definition) is 2. The molecule has 0 aliphatic rings. The Morgan fingerprint density at radius 2 is 2.05 bits per heavy atom. The van der Waals surface area contributed by atoms with E-state index in [1.807, 2.05) is 6.07 Å². The summed E-state index contributed by atoms with van der Waals surface area (Å²) in [5.74, 6) is -0.956. The Hall–Kier alpha value is -1.98. The molecule has 0 unspecified atom stereocenters. The molecule has 0 aliphatic carbocycles. The van der Waals surface area contributed by atoms with Gasteiger partial charge in [-0.2, -0.15) is 5.26 Å². The van der Waals surface area contributed by atoms with Crippen LogP contribution in [0.15, 0.2) is 0 Å². The van der Waals surface area contributed by atoms with Gasteiger partial charge in [-0.25, -0.2) is 4.79 Å². The average molecular weight is 325 g/mol. The number of carbonyl (C=O) groups is 2. The van der Waals surface area contributed by atoms with Gasteiger partial charge in [-0.15, -0.1) is 11.3 Å². The van der Waals surface area contributed by atoms with Gasteiger partial charge in [-0.05, 0) is 24.7 Å². The van der Waals surface area contributed by atoms with Crippen LogP contribution in [0.5, 0.6) is 0 Å². The fourth-order valence-corrected chi connectivity index (χ4v) is 2.76. The fraction of sp³-hybridized carbons (Fsp3) is 0.385. The Labute approximate surface area is 132 Å². The van der Waals surface area contributed by atoms with E-state index in [0.717, 1.165) is 11.3 Å². The Kier molecular flexibility index (Phi) is 5.81. The minimum atomic E-state index is -0.515. The van der Waals surface area contributed by atoms with Gasteiger partial charge in [0.15, 0.2) is 5.11 Å². The summed E-state index contributed by atoms with van der Waals surface area (Å²) >= 11 is 6.08. The normalized spacial score (nSPS) is 9.90. The highest BCUT2D eigenvalue weighted by atomic mass is 32.1. The van der Waals surface area contributed by atoms with E-state index >= 15 is 0 Å². The fourth-order valence-electron chi connectivity index (χ4n) is 1.41. The van der Waals surface area contributed by atoms with Crippen molar-refractivity contribution in [1.29, 1.82) is 5.26 Å². The number of esters is 1. The lowest BCUT2D eigenvalue weighted by atomic mass is 10.2. The highest BCUT2D eigenvalue weighted by molar-refractivity contribution is 7.80. The Bertz CT molecular complexity index is 629. The van der Waals surface area contributed by atoms with Crippen molar-refractivity contribution in [1.82, 2.24) is 5.32 Å². The lowest BCUT2D eigenvalue weighted by molar-refractivity contribution is -0.122. The van der Waals surface area contributed by atoms with Crippen molar-refractivity contribution < 1.29 is 14.3 Å². The standard InChI is InChI=1S/C13H15N3O3S2/c1-6(2)10(17)15-13(20)16-11-8(5-14)7(3)9(21-11)12(18)19-4/h6H,1-4H3,(H2,15,16,17,20). The number of thiophene rings is 1. The Balaban J connectivity index is 2.99. The Morgan fingerprint density at radius 1 is 1.43 bits per heavy atom. The zero-order valence-corrected chi connectivity index (χ0v) is 13.7. The topological polar surface area (TPSA) is 91.2 Å². The second-order valence-electron chi connectivity index (χ2n) is 4.46. The summed E-state index contributed by atoms with van der Waals surface area (Å²) in [5.41, 5.74) is 0.830. The summed E-state index contributed by atoms with van der Waals surface area (Å²) in [5, 5.41) is 15.0. The van der Waals surface area contributed by atoms with Gasteiger partial charge in [0.2, 0.25) is 5.91 Å². The van der Waals surface area contributed by atoms with Crippen LogP contribution in [0.4, 0.5) is 5.00 Å². The van der Waals surface area contributed by atoms with E-state index in [4.69, 9.17) is 12.2 Å². The number of amides is 1. The molecule has 0 aliphatic heterocycles. The molecule has 1 rings (SSSR count). The molecule has 0 spiro atoms. The van der Waals surface area contributed by atoms with Crippen molar-refractivity contribution >= 4 is 45.5 Å². The van der Waals surface area contributed by atoms with E-state index < -0.39 is 5.97 Å². The third-order valence-corrected chi connectivity index (χ3v) is 4.01. The number of nitriles is 1. The molecule has 6 nitrogen and oxygen atoms in total. The second-order valence-corrected chi connectivity index (χ2v) is 5.89. The number of anilines is 1. The maximum Gasteiger partial charge on any atom is 0.348 e. The molecule has 0 fully saturated rings. The van der Waals surface area contributed by atoms with E-state index in [1.165, 1.54) is 7.11 Å². The van der Waals surface area contributed by atoms with Crippen LogP contribution in [0.3, 0.4) is 0 Å². The average Bonchev–Trinajstić information content (AvgIpc) is 2.73. The predicted molar refractivity (Wildman–Crippen MR) is 84.3 cm³/mol. The summed E-state index contributed by atoms with van der Waals surface area (Å²) in [6.45, 7) is 5.13. The highest BCUT2D eigenvalue weighted by Crippen LogP contribution is 2.32. The van der Waals surface area contributed by atoms with E-state index in [9.17, 15) is 14.9 Å². The number of nitrogens with one attached hydrogen (secondary N) is 2. The van der Waals surface area contributed by atoms with Crippen LogP contribution < -0.4 is 10.6 Å². The number of hydrogen-bond acceptors (Lipinski definition) is 6. The summed E-state index contributed by atoms with van der Waals surface area (Å²) in [6.07, 6.45) is 0. The maximum atomic E-state index is 11.6. The molecule has 0 radical (unpaired) electrons. The minimum absolute atomic E-state index is 0.0860. The number of methoxy groups -OCH3 is 1. The molecule has 1 heterocycles. The summed E-state index contributed by atoms with van der Waals surface area (Å²) in [4.78, 5) is 23.5. The monoisotopic (exact) mass is 325 g/mol. The summed E-state index contributed by atoms with van der Waals surface area (Å²) in [6, 6.07) is 2.01. The summed E-state index contributed by atoms with van der Waals surface area (Å²) < 4.78 is 4.66. The first-order chi connectivity index (χ1) is 9.81. The van der Waals surface area contributed by atoms with Crippen LogP contribution in [0, 0.1) is 24.2 Å². The molecule has 0 aromatic carbocycles. The lowest BCUT2D eigenvalue weighted by Crippen LogP contribution is -2.36. The van der Waals surface area contributed by atoms with Crippen molar-refractivity contribution in [2.45, 2.75) is 20.8 Å². The quantitative estimate of drug-likeness (QED) is 0.654. The number of carbonyl (C=O) groups excluding carboxylic acids is 2. The van der Waals surface area contributed by atoms with E-state index in [0.29, 0.717) is 21.0 Å². The van der Waals surface area contributed by atoms with Gasteiger partial charge in [0.1, 0.15) is 15.9 Å². The molecule has 0 saturated carbocycles. The molecule has 0 saturated heterocycles. The van der Waals surface area contributed by atoms with Crippen LogP contribution in [-0.4, -0.2) is 24.1 Å². The van der Waals surface area contributed by atoms with Gasteiger partial charge in [0, 0.05) is 5.92 Å². The number of thiocarbonyl (C=S) groups is 1. The largest absolute Gasteiger partial charge is 0.465 e. The van der Waals surface area contributed by atoms with Crippen LogP contribution in [-0.2, 0) is 9.53 Å². The first kappa shape index (κ1) is 17.1. The van der Waals surface area contributed by atoms with E-state index in [2.05, 4.69) is 15.4 Å². The van der Waals surface area contributed by atoms with E-state index in [-0.39, 0.29) is 16.9 Å². The van der Waals surface area contributed by atoms with Crippen molar-refractivity contribution in [2.75, 3.05) is 12.4 Å². The second kappa shape index (κ2) is 7.15. The van der Waals surface area contributed by atoms with Crippen molar-refractivity contribution in [3.63, 3.8) is 0 Å². The number of rotatable bonds is 3. The minimum Gasteiger partial charge on any atom is -0.465 e. The van der Waals surface area contributed by atoms with Crippen molar-refractivity contribution in [3.8, 4) is 6.07 Å². The molecular weight excluding hydrogens is 310 g/mol. The first-order valence-corrected chi connectivity index (χ1v) is 7.27.